The Hall–Kier alpha value is -2.65. The predicted molar refractivity (Wildman–Crippen MR) is 150 cm³/mol. The molecule has 2 aromatic rings. The molecule has 36 heavy (non-hydrogen) atoms. The summed E-state index contributed by atoms with van der Waals surface area (Å²) in [6.45, 7) is 16.9. The van der Waals surface area contributed by atoms with E-state index < -0.39 is 0 Å². The number of carbonyl (C=O) groups is 2. The molecule has 1 aliphatic rings. The SMILES string of the molecule is CCN1CCOCC1.CCO.CNC(C)=O.Cc1[nH]c(/C=C(\C=O)c2cc(Cl)ccc2N)c(C)c1C. The summed E-state index contributed by atoms with van der Waals surface area (Å²) in [6, 6.07) is 5.11. The van der Waals surface area contributed by atoms with Crippen LogP contribution >= 0.6 is 11.6 Å². The Balaban J connectivity index is 0.000000626. The Kier molecular flexibility index (Phi) is 17.2. The van der Waals surface area contributed by atoms with Gasteiger partial charge in [0.15, 0.2) is 6.29 Å². The summed E-state index contributed by atoms with van der Waals surface area (Å²) in [5.74, 6) is 0.00463. The van der Waals surface area contributed by atoms with Crippen LogP contribution in [-0.4, -0.2) is 73.7 Å². The highest BCUT2D eigenvalue weighted by Gasteiger charge is 2.10. The lowest BCUT2D eigenvalue weighted by Gasteiger charge is -2.24. The average molecular weight is 523 g/mol. The molecule has 1 fully saturated rings. The fraction of sp³-hybridized carbons (Fsp3) is 0.481. The highest BCUT2D eigenvalue weighted by molar-refractivity contribution is 6.31. The molecule has 0 unspecified atom stereocenters. The minimum absolute atomic E-state index is 0.00463. The number of hydrogen-bond acceptors (Lipinski definition) is 6. The number of nitrogens with two attached hydrogens (primary N) is 1. The molecular formula is C27H43ClN4O4. The van der Waals surface area contributed by atoms with Crippen LogP contribution in [0.4, 0.5) is 5.69 Å². The largest absolute Gasteiger partial charge is 0.398 e. The zero-order chi connectivity index (χ0) is 27.7. The number of hydrogen-bond donors (Lipinski definition) is 4. The van der Waals surface area contributed by atoms with Gasteiger partial charge in [0.1, 0.15) is 0 Å². The number of benzene rings is 1. The number of rotatable bonds is 4. The van der Waals surface area contributed by atoms with Gasteiger partial charge in [0, 0.05) is 66.9 Å². The third-order valence-electron chi connectivity index (χ3n) is 5.51. The standard InChI is InChI=1S/C16H17ClN2O.C6H13NO.C3H7NO.C2H6O/c1-9-10(2)16(19-11(9)3)6-12(8-20)14-7-13(17)4-5-15(14)18;1-2-7-3-5-8-6-4-7;1-3(5)4-2;1-2-3/h4-8,19H,18H2,1-3H3;2-6H2,1H3;1-2H3,(H,4,5);3H,2H2,1H3/b12-6+;;;. The van der Waals surface area contributed by atoms with Crippen LogP contribution in [0.5, 0.6) is 0 Å². The van der Waals surface area contributed by atoms with Crippen LogP contribution in [0.1, 0.15) is 48.8 Å². The van der Waals surface area contributed by atoms with Gasteiger partial charge in [-0.05, 0) is 69.6 Å². The van der Waals surface area contributed by atoms with E-state index >= 15 is 0 Å². The molecule has 1 saturated heterocycles. The van der Waals surface area contributed by atoms with Gasteiger partial charge in [-0.25, -0.2) is 0 Å². The molecule has 0 radical (unpaired) electrons. The second-order valence-corrected chi connectivity index (χ2v) is 8.47. The third-order valence-corrected chi connectivity index (χ3v) is 5.74. The fourth-order valence-corrected chi connectivity index (χ4v) is 3.22. The first-order valence-electron chi connectivity index (χ1n) is 12.0. The molecule has 0 aliphatic carbocycles. The molecule has 1 aromatic carbocycles. The van der Waals surface area contributed by atoms with E-state index in [1.807, 2.05) is 26.8 Å². The number of aldehydes is 1. The van der Waals surface area contributed by atoms with Crippen molar-refractivity contribution in [3.8, 4) is 0 Å². The summed E-state index contributed by atoms with van der Waals surface area (Å²) < 4.78 is 5.16. The summed E-state index contributed by atoms with van der Waals surface area (Å²) >= 11 is 5.97. The quantitative estimate of drug-likeness (QED) is 0.273. The number of allylic oxidation sites excluding steroid dienone is 1. The predicted octanol–water partition coefficient (Wildman–Crippen LogP) is 4.00. The number of nitrogen functional groups attached to an aromatic ring is 1. The Morgan fingerprint density at radius 2 is 1.78 bits per heavy atom. The molecule has 0 atom stereocenters. The van der Waals surface area contributed by atoms with Gasteiger partial charge in [0.2, 0.25) is 5.91 Å². The van der Waals surface area contributed by atoms with Crippen LogP contribution in [-0.2, 0) is 14.3 Å². The van der Waals surface area contributed by atoms with E-state index in [4.69, 9.17) is 27.2 Å². The number of aromatic amines is 1. The average Bonchev–Trinajstić information content (AvgIpc) is 3.12. The molecule has 0 spiro atoms. The number of halogens is 1. The maximum atomic E-state index is 11.4. The Morgan fingerprint density at radius 1 is 1.22 bits per heavy atom. The van der Waals surface area contributed by atoms with Gasteiger partial charge in [-0.15, -0.1) is 0 Å². The second-order valence-electron chi connectivity index (χ2n) is 8.03. The van der Waals surface area contributed by atoms with Gasteiger partial charge in [0.05, 0.1) is 13.2 Å². The van der Waals surface area contributed by atoms with Gasteiger partial charge in [-0.2, -0.15) is 0 Å². The van der Waals surface area contributed by atoms with E-state index in [-0.39, 0.29) is 12.5 Å². The van der Waals surface area contributed by atoms with Gasteiger partial charge in [-0.3, -0.25) is 14.5 Å². The van der Waals surface area contributed by atoms with Crippen molar-refractivity contribution in [2.45, 2.75) is 41.5 Å². The molecular weight excluding hydrogens is 480 g/mol. The highest BCUT2D eigenvalue weighted by Crippen LogP contribution is 2.27. The number of likely N-dealkylation sites (N-methyl/N-ethyl adjacent to an activating group) is 1. The summed E-state index contributed by atoms with van der Waals surface area (Å²) in [6.07, 6.45) is 2.61. The molecule has 8 nitrogen and oxygen atoms in total. The van der Waals surface area contributed by atoms with Crippen molar-refractivity contribution in [3.63, 3.8) is 0 Å². The van der Waals surface area contributed by atoms with Crippen LogP contribution in [0, 0.1) is 20.8 Å². The molecule has 1 aromatic heterocycles. The van der Waals surface area contributed by atoms with E-state index in [9.17, 15) is 9.59 Å². The van der Waals surface area contributed by atoms with Crippen molar-refractivity contribution in [2.24, 2.45) is 0 Å². The number of aryl methyl sites for hydroxylation is 1. The summed E-state index contributed by atoms with van der Waals surface area (Å²) in [4.78, 5) is 26.8. The molecule has 1 aliphatic heterocycles. The van der Waals surface area contributed by atoms with E-state index in [1.165, 1.54) is 19.0 Å². The number of ether oxygens (including phenoxy) is 1. The minimum Gasteiger partial charge on any atom is -0.398 e. The lowest BCUT2D eigenvalue weighted by molar-refractivity contribution is -0.118. The topological polar surface area (TPSA) is 121 Å². The summed E-state index contributed by atoms with van der Waals surface area (Å²) in [5.41, 5.74) is 12.0. The number of morpholine rings is 1. The Bertz CT molecular complexity index is 967. The van der Waals surface area contributed by atoms with Crippen molar-refractivity contribution >= 4 is 41.1 Å². The number of nitrogens with one attached hydrogen (secondary N) is 2. The first-order chi connectivity index (χ1) is 17.1. The van der Waals surface area contributed by atoms with E-state index in [1.54, 1.807) is 32.2 Å². The smallest absolute Gasteiger partial charge is 0.216 e. The Labute approximate surface area is 220 Å². The first-order valence-corrected chi connectivity index (χ1v) is 12.4. The number of aromatic nitrogens is 1. The van der Waals surface area contributed by atoms with Crippen molar-refractivity contribution in [3.05, 3.63) is 51.3 Å². The Morgan fingerprint density at radius 3 is 2.17 bits per heavy atom. The number of H-pyrrole nitrogens is 1. The number of aliphatic hydroxyl groups is 1. The van der Waals surface area contributed by atoms with E-state index in [0.717, 1.165) is 49.5 Å². The summed E-state index contributed by atoms with van der Waals surface area (Å²) in [7, 11) is 1.60. The lowest BCUT2D eigenvalue weighted by atomic mass is 10.0. The highest BCUT2D eigenvalue weighted by atomic mass is 35.5. The zero-order valence-corrected chi connectivity index (χ0v) is 23.5. The van der Waals surface area contributed by atoms with Crippen molar-refractivity contribution in [2.75, 3.05) is 52.2 Å². The van der Waals surface area contributed by atoms with E-state index in [0.29, 0.717) is 21.8 Å². The van der Waals surface area contributed by atoms with Crippen LogP contribution < -0.4 is 11.1 Å². The maximum Gasteiger partial charge on any atom is 0.216 e. The molecule has 202 valence electrons. The van der Waals surface area contributed by atoms with Crippen LogP contribution in [0.25, 0.3) is 11.6 Å². The van der Waals surface area contributed by atoms with Gasteiger partial charge in [-0.1, -0.05) is 18.5 Å². The van der Waals surface area contributed by atoms with Gasteiger partial charge < -0.3 is 25.9 Å². The van der Waals surface area contributed by atoms with E-state index in [2.05, 4.69) is 22.1 Å². The molecule has 3 rings (SSSR count). The lowest BCUT2D eigenvalue weighted by Crippen LogP contribution is -2.35. The van der Waals surface area contributed by atoms with Crippen molar-refractivity contribution < 1.29 is 19.4 Å². The minimum atomic E-state index is 0.00463. The van der Waals surface area contributed by atoms with Gasteiger partial charge in [0.25, 0.3) is 0 Å². The first kappa shape index (κ1) is 33.4. The van der Waals surface area contributed by atoms with Crippen LogP contribution in [0.2, 0.25) is 5.02 Å². The third kappa shape index (κ3) is 12.4. The van der Waals surface area contributed by atoms with Crippen molar-refractivity contribution in [1.82, 2.24) is 15.2 Å². The number of amides is 1. The zero-order valence-electron chi connectivity index (χ0n) is 22.7. The number of carbonyl (C=O) groups excluding carboxylic acids is 2. The molecule has 0 saturated carbocycles. The molecule has 0 bridgehead atoms. The summed E-state index contributed by atoms with van der Waals surface area (Å²) in [5, 5.41) is 10.5. The fourth-order valence-electron chi connectivity index (χ4n) is 3.04. The number of anilines is 1. The normalized spacial score (nSPS) is 13.2. The monoisotopic (exact) mass is 522 g/mol. The van der Waals surface area contributed by atoms with Crippen molar-refractivity contribution in [1.29, 1.82) is 0 Å². The number of aliphatic hydroxyl groups excluding tert-OH is 1. The molecule has 9 heteroatoms. The second kappa shape index (κ2) is 18.6. The molecule has 5 N–H and O–H groups in total. The molecule has 1 amide bonds. The number of nitrogens with zero attached hydrogens (tertiary/aromatic N) is 1. The van der Waals surface area contributed by atoms with Crippen LogP contribution in [0.15, 0.2) is 18.2 Å². The molecule has 2 heterocycles. The van der Waals surface area contributed by atoms with Crippen LogP contribution in [0.3, 0.4) is 0 Å². The van der Waals surface area contributed by atoms with Gasteiger partial charge >= 0.3 is 0 Å². The maximum absolute atomic E-state index is 11.4.